The third kappa shape index (κ3) is 11.5. The average molecular weight is 478 g/mol. The highest BCUT2D eigenvalue weighted by molar-refractivity contribution is 7.98. The van der Waals surface area contributed by atoms with Gasteiger partial charge in [-0.1, -0.05) is 42.5 Å². The molecule has 0 unspecified atom stereocenters. The summed E-state index contributed by atoms with van der Waals surface area (Å²) >= 11 is 1.58. The Labute approximate surface area is 197 Å². The quantitative estimate of drug-likeness (QED) is 0.245. The topological polar surface area (TPSA) is 179 Å². The van der Waals surface area contributed by atoms with E-state index < -0.39 is 36.0 Å². The summed E-state index contributed by atoms with van der Waals surface area (Å²) in [4.78, 5) is 33.7. The van der Waals surface area contributed by atoms with Crippen molar-refractivity contribution in [1.82, 2.24) is 0 Å². The molecule has 0 bridgehead atoms. The summed E-state index contributed by atoms with van der Waals surface area (Å²) in [6, 6.07) is 13.1. The van der Waals surface area contributed by atoms with Crippen LogP contribution in [0.1, 0.15) is 17.5 Å². The number of aromatic hydroxyl groups is 1. The first-order valence-corrected chi connectivity index (χ1v) is 11.6. The Hall–Kier alpha value is -2.92. The van der Waals surface area contributed by atoms with Crippen molar-refractivity contribution in [3.63, 3.8) is 0 Å². The fraction of sp³-hybridized carbons (Fsp3) is 0.348. The van der Waals surface area contributed by atoms with Crippen molar-refractivity contribution in [3.8, 4) is 5.75 Å². The summed E-state index contributed by atoms with van der Waals surface area (Å²) in [6.45, 7) is 0. The van der Waals surface area contributed by atoms with Gasteiger partial charge in [0.15, 0.2) is 0 Å². The van der Waals surface area contributed by atoms with E-state index >= 15 is 0 Å². The average Bonchev–Trinajstić information content (AvgIpc) is 2.79. The number of rotatable bonds is 10. The first kappa shape index (κ1) is 28.1. The summed E-state index contributed by atoms with van der Waals surface area (Å²) in [5, 5.41) is 17.5. The number of thioether (sulfide) groups is 1. The van der Waals surface area contributed by atoms with Gasteiger partial charge in [0.2, 0.25) is 0 Å². The van der Waals surface area contributed by atoms with Crippen LogP contribution in [0.5, 0.6) is 5.75 Å². The fourth-order valence-corrected chi connectivity index (χ4v) is 3.03. The highest BCUT2D eigenvalue weighted by Crippen LogP contribution is 2.10. The maximum absolute atomic E-state index is 11.7. The molecule has 0 amide bonds. The predicted molar refractivity (Wildman–Crippen MR) is 128 cm³/mol. The van der Waals surface area contributed by atoms with Crippen LogP contribution in [-0.2, 0) is 32.0 Å². The smallest absolute Gasteiger partial charge is 0.330 e. The molecule has 0 saturated heterocycles. The number of phenolic OH excluding ortho intramolecular Hbond substituents is 1. The lowest BCUT2D eigenvalue weighted by Gasteiger charge is -2.13. The summed E-state index contributed by atoms with van der Waals surface area (Å²) in [5.41, 5.74) is 18.4. The monoisotopic (exact) mass is 477 g/mol. The minimum absolute atomic E-state index is 0.160. The minimum Gasteiger partial charge on any atom is -0.508 e. The van der Waals surface area contributed by atoms with E-state index in [9.17, 15) is 14.4 Å². The van der Waals surface area contributed by atoms with Gasteiger partial charge in [0.25, 0.3) is 0 Å². The van der Waals surface area contributed by atoms with E-state index in [2.05, 4.69) is 0 Å². The predicted octanol–water partition coefficient (Wildman–Crippen LogP) is 1.05. The molecule has 0 spiro atoms. The molecule has 2 aromatic rings. The van der Waals surface area contributed by atoms with Crippen LogP contribution in [0, 0.1) is 0 Å². The molecule has 8 N–H and O–H groups in total. The van der Waals surface area contributed by atoms with Gasteiger partial charge in [-0.15, -0.1) is 0 Å². The number of benzene rings is 2. The zero-order valence-electron chi connectivity index (χ0n) is 18.4. The molecule has 180 valence electrons. The number of esters is 2. The number of hydrogen-bond acceptors (Lipinski definition) is 9. The third-order valence-electron chi connectivity index (χ3n) is 4.45. The number of hydrogen-bond donors (Lipinski definition) is 5. The Morgan fingerprint density at radius 2 is 1.36 bits per heavy atom. The van der Waals surface area contributed by atoms with E-state index in [-0.39, 0.29) is 12.2 Å². The third-order valence-corrected chi connectivity index (χ3v) is 5.09. The van der Waals surface area contributed by atoms with Gasteiger partial charge in [-0.05, 0) is 54.5 Å². The molecule has 2 aromatic carbocycles. The Kier molecular flexibility index (Phi) is 12.8. The molecule has 3 atom stereocenters. The summed E-state index contributed by atoms with van der Waals surface area (Å²) < 4.78 is 4.71. The molecule has 0 radical (unpaired) electrons. The Bertz CT molecular complexity index is 880. The van der Waals surface area contributed by atoms with Gasteiger partial charge in [0.05, 0.1) is 0 Å². The largest absolute Gasteiger partial charge is 0.508 e. The van der Waals surface area contributed by atoms with Crippen molar-refractivity contribution >= 4 is 29.7 Å². The van der Waals surface area contributed by atoms with Crippen LogP contribution in [0.3, 0.4) is 0 Å². The van der Waals surface area contributed by atoms with E-state index in [0.29, 0.717) is 12.8 Å². The summed E-state index contributed by atoms with van der Waals surface area (Å²) in [5.74, 6) is -1.58. The second-order valence-electron chi connectivity index (χ2n) is 7.24. The van der Waals surface area contributed by atoms with Crippen LogP contribution in [0.2, 0.25) is 0 Å². The van der Waals surface area contributed by atoms with E-state index in [4.69, 9.17) is 32.2 Å². The molecular formula is C23H31N3O6S. The maximum atomic E-state index is 11.7. The van der Waals surface area contributed by atoms with E-state index in [0.717, 1.165) is 16.9 Å². The number of carbonyl (C=O) groups excluding carboxylic acids is 2. The summed E-state index contributed by atoms with van der Waals surface area (Å²) in [6.07, 6.45) is 2.99. The number of aliphatic carboxylic acids is 1. The van der Waals surface area contributed by atoms with Crippen LogP contribution >= 0.6 is 11.8 Å². The van der Waals surface area contributed by atoms with Crippen molar-refractivity contribution in [1.29, 1.82) is 0 Å². The van der Waals surface area contributed by atoms with Crippen LogP contribution < -0.4 is 17.2 Å². The van der Waals surface area contributed by atoms with E-state index in [1.54, 1.807) is 23.9 Å². The molecule has 0 fully saturated rings. The molecule has 0 aromatic heterocycles. The Morgan fingerprint density at radius 3 is 1.91 bits per heavy atom. The van der Waals surface area contributed by atoms with Crippen LogP contribution in [0.4, 0.5) is 0 Å². The van der Waals surface area contributed by atoms with Crippen LogP contribution in [-0.4, -0.2) is 58.3 Å². The number of ether oxygens (including phenoxy) is 1. The fourth-order valence-electron chi connectivity index (χ4n) is 2.54. The molecule has 0 saturated carbocycles. The van der Waals surface area contributed by atoms with Gasteiger partial charge >= 0.3 is 17.9 Å². The zero-order valence-corrected chi connectivity index (χ0v) is 19.2. The van der Waals surface area contributed by atoms with Gasteiger partial charge < -0.3 is 32.2 Å². The van der Waals surface area contributed by atoms with Crippen molar-refractivity contribution in [2.75, 3.05) is 12.0 Å². The number of carboxylic acids is 1. The van der Waals surface area contributed by atoms with E-state index in [1.807, 2.05) is 36.6 Å². The van der Waals surface area contributed by atoms with Gasteiger partial charge in [-0.3, -0.25) is 4.79 Å². The molecule has 10 heteroatoms. The highest BCUT2D eigenvalue weighted by atomic mass is 32.2. The molecule has 0 aliphatic heterocycles. The number of carboxylic acid groups (broad SMARTS) is 1. The molecule has 0 aliphatic carbocycles. The molecule has 9 nitrogen and oxygen atoms in total. The molecule has 0 aliphatic rings. The van der Waals surface area contributed by atoms with E-state index in [1.165, 1.54) is 12.1 Å². The van der Waals surface area contributed by atoms with Crippen LogP contribution in [0.25, 0.3) is 0 Å². The lowest BCUT2D eigenvalue weighted by molar-refractivity contribution is -0.161. The highest BCUT2D eigenvalue weighted by Gasteiger charge is 2.23. The SMILES string of the molecule is CSCC[C@H](N)C(=O)OC(=O)[C@@H](N)Cc1ccccc1.N[C@@H](Cc1ccc(O)cc1)C(=O)O. The van der Waals surface area contributed by atoms with Gasteiger partial charge in [-0.25, -0.2) is 9.59 Å². The van der Waals surface area contributed by atoms with Crippen molar-refractivity contribution in [3.05, 3.63) is 65.7 Å². The van der Waals surface area contributed by atoms with Crippen molar-refractivity contribution in [2.24, 2.45) is 17.2 Å². The van der Waals surface area contributed by atoms with Gasteiger partial charge in [-0.2, -0.15) is 11.8 Å². The minimum atomic E-state index is -1.02. The standard InChI is InChI=1S/C14H20N2O3S.C9H11NO3/c1-20-8-7-11(15)13(17)19-14(18)12(16)9-10-5-3-2-4-6-10;10-8(9(12)13)5-6-1-3-7(11)4-2-6/h2-6,11-12H,7-9,15-16H2,1H3;1-4,8,11H,5,10H2,(H,12,13)/t11-,12-;8-/m00/s1. The number of nitrogens with two attached hydrogens (primary N) is 3. The first-order chi connectivity index (χ1) is 15.6. The second kappa shape index (κ2) is 15.0. The molecule has 33 heavy (non-hydrogen) atoms. The van der Waals surface area contributed by atoms with Crippen LogP contribution in [0.15, 0.2) is 54.6 Å². The lowest BCUT2D eigenvalue weighted by Crippen LogP contribution is -2.40. The normalized spacial score (nSPS) is 13.1. The number of carbonyl (C=O) groups is 3. The molecule has 2 rings (SSSR count). The Balaban J connectivity index is 0.000000361. The van der Waals surface area contributed by atoms with Crippen molar-refractivity contribution < 1.29 is 29.3 Å². The maximum Gasteiger partial charge on any atom is 0.330 e. The molecular weight excluding hydrogens is 446 g/mol. The summed E-state index contributed by atoms with van der Waals surface area (Å²) in [7, 11) is 0. The Morgan fingerprint density at radius 1 is 0.848 bits per heavy atom. The second-order valence-corrected chi connectivity index (χ2v) is 8.23. The molecule has 0 heterocycles. The zero-order chi connectivity index (χ0) is 24.8. The van der Waals surface area contributed by atoms with Gasteiger partial charge in [0, 0.05) is 0 Å². The first-order valence-electron chi connectivity index (χ1n) is 10.2. The van der Waals surface area contributed by atoms with Crippen molar-refractivity contribution in [2.45, 2.75) is 37.4 Å². The number of phenols is 1. The lowest BCUT2D eigenvalue weighted by atomic mass is 10.1. The van der Waals surface area contributed by atoms with Gasteiger partial charge in [0.1, 0.15) is 23.9 Å².